The van der Waals surface area contributed by atoms with Crippen molar-refractivity contribution in [1.82, 2.24) is 4.90 Å². The van der Waals surface area contributed by atoms with E-state index in [0.717, 1.165) is 56.7 Å². The molecule has 1 unspecified atom stereocenters. The molecule has 1 heterocycles. The van der Waals surface area contributed by atoms with Crippen LogP contribution in [0.3, 0.4) is 0 Å². The first-order chi connectivity index (χ1) is 9.14. The predicted molar refractivity (Wildman–Crippen MR) is 77.5 cm³/mol. The first-order valence-corrected chi connectivity index (χ1v) is 7.28. The maximum absolute atomic E-state index is 10.8. The molecule has 1 aromatic rings. The van der Waals surface area contributed by atoms with Crippen LogP contribution in [0.2, 0.25) is 0 Å². The minimum Gasteiger partial charge on any atom is -0.494 e. The fourth-order valence-electron chi connectivity index (χ4n) is 2.62. The Morgan fingerprint density at radius 1 is 1.21 bits per heavy atom. The fourth-order valence-corrected chi connectivity index (χ4v) is 2.62. The zero-order valence-corrected chi connectivity index (χ0v) is 12.1. The van der Waals surface area contributed by atoms with Gasteiger partial charge < -0.3 is 14.7 Å². The summed E-state index contributed by atoms with van der Waals surface area (Å²) in [5.74, 6) is 0.889. The minimum absolute atomic E-state index is 0.673. The van der Waals surface area contributed by atoms with Crippen molar-refractivity contribution in [2.45, 2.75) is 38.2 Å². The van der Waals surface area contributed by atoms with Crippen LogP contribution in [0.25, 0.3) is 0 Å². The van der Waals surface area contributed by atoms with Gasteiger partial charge in [-0.15, -0.1) is 0 Å². The second-order valence-corrected chi connectivity index (χ2v) is 5.56. The summed E-state index contributed by atoms with van der Waals surface area (Å²) in [6, 6.07) is 7.96. The number of benzene rings is 1. The third-order valence-electron chi connectivity index (χ3n) is 3.90. The molecule has 1 N–H and O–H groups in total. The van der Waals surface area contributed by atoms with Crippen LogP contribution < -0.4 is 4.74 Å². The van der Waals surface area contributed by atoms with Crippen molar-refractivity contribution in [3.8, 4) is 5.75 Å². The van der Waals surface area contributed by atoms with E-state index in [1.54, 1.807) is 0 Å². The second kappa shape index (κ2) is 6.40. The molecule has 0 bridgehead atoms. The fraction of sp³-hybridized carbons (Fsp3) is 0.625. The number of aliphatic hydroxyl groups is 1. The van der Waals surface area contributed by atoms with Crippen molar-refractivity contribution in [1.29, 1.82) is 0 Å². The highest BCUT2D eigenvalue weighted by Gasteiger charge is 2.31. The Hall–Kier alpha value is -1.06. The molecule has 0 saturated carbocycles. The monoisotopic (exact) mass is 263 g/mol. The lowest BCUT2D eigenvalue weighted by atomic mass is 9.87. The zero-order valence-electron chi connectivity index (χ0n) is 12.1. The maximum atomic E-state index is 10.8. The van der Waals surface area contributed by atoms with Gasteiger partial charge in [0.25, 0.3) is 0 Å². The molecule has 106 valence electrons. The van der Waals surface area contributed by atoms with Crippen molar-refractivity contribution >= 4 is 0 Å². The average molecular weight is 263 g/mol. The highest BCUT2D eigenvalue weighted by molar-refractivity contribution is 5.31. The van der Waals surface area contributed by atoms with Crippen LogP contribution in [0.5, 0.6) is 5.75 Å². The average Bonchev–Trinajstić information content (AvgIpc) is 2.60. The van der Waals surface area contributed by atoms with Gasteiger partial charge in [0.15, 0.2) is 0 Å². The van der Waals surface area contributed by atoms with Gasteiger partial charge in [-0.2, -0.15) is 0 Å². The molecular weight excluding hydrogens is 238 g/mol. The number of nitrogens with zero attached hydrogens (tertiary/aromatic N) is 1. The molecule has 1 atom stereocenters. The summed E-state index contributed by atoms with van der Waals surface area (Å²) < 4.78 is 5.58. The molecule has 3 nitrogen and oxygen atoms in total. The van der Waals surface area contributed by atoms with Crippen molar-refractivity contribution in [2.24, 2.45) is 0 Å². The Balaban J connectivity index is 2.07. The largest absolute Gasteiger partial charge is 0.494 e. The van der Waals surface area contributed by atoms with Crippen molar-refractivity contribution in [2.75, 3.05) is 26.7 Å². The number of hydrogen-bond donors (Lipinski definition) is 1. The van der Waals surface area contributed by atoms with E-state index < -0.39 is 5.60 Å². The summed E-state index contributed by atoms with van der Waals surface area (Å²) in [4.78, 5) is 2.29. The standard InChI is InChI=1S/C16H25NO2/c1-3-13-19-15-7-5-14(6-8-15)16(18)9-4-11-17(2)12-10-16/h5-8,18H,3-4,9-13H2,1-2H3. The minimum atomic E-state index is -0.673. The van der Waals surface area contributed by atoms with Gasteiger partial charge in [0, 0.05) is 6.54 Å². The molecule has 1 fully saturated rings. The van der Waals surface area contributed by atoms with Crippen LogP contribution in [-0.4, -0.2) is 36.8 Å². The molecule has 19 heavy (non-hydrogen) atoms. The molecule has 1 aromatic carbocycles. The number of hydrogen-bond acceptors (Lipinski definition) is 3. The highest BCUT2D eigenvalue weighted by atomic mass is 16.5. The predicted octanol–water partition coefficient (Wildman–Crippen LogP) is 2.78. The molecule has 2 rings (SSSR count). The first kappa shape index (κ1) is 14.4. The number of rotatable bonds is 4. The van der Waals surface area contributed by atoms with Gasteiger partial charge in [-0.25, -0.2) is 0 Å². The van der Waals surface area contributed by atoms with E-state index in [2.05, 4.69) is 18.9 Å². The Morgan fingerprint density at radius 3 is 2.63 bits per heavy atom. The summed E-state index contributed by atoms with van der Waals surface area (Å²) in [5, 5.41) is 10.8. The highest BCUT2D eigenvalue weighted by Crippen LogP contribution is 2.33. The third kappa shape index (κ3) is 3.71. The van der Waals surface area contributed by atoms with Crippen molar-refractivity contribution in [3.05, 3.63) is 29.8 Å². The molecule has 1 aliphatic rings. The van der Waals surface area contributed by atoms with E-state index in [1.807, 2.05) is 24.3 Å². The third-order valence-corrected chi connectivity index (χ3v) is 3.90. The Bertz CT molecular complexity index is 390. The number of ether oxygens (including phenoxy) is 1. The lowest BCUT2D eigenvalue weighted by molar-refractivity contribution is 0.0218. The van der Waals surface area contributed by atoms with Gasteiger partial charge in [-0.05, 0) is 57.0 Å². The van der Waals surface area contributed by atoms with Gasteiger partial charge in [0.05, 0.1) is 12.2 Å². The van der Waals surface area contributed by atoms with Gasteiger partial charge in [-0.3, -0.25) is 0 Å². The molecule has 1 aliphatic heterocycles. The molecule has 1 saturated heterocycles. The van der Waals surface area contributed by atoms with E-state index >= 15 is 0 Å². The van der Waals surface area contributed by atoms with E-state index in [1.165, 1.54) is 0 Å². The number of likely N-dealkylation sites (tertiary alicyclic amines) is 1. The lowest BCUT2D eigenvalue weighted by Gasteiger charge is -2.27. The van der Waals surface area contributed by atoms with E-state index in [-0.39, 0.29) is 0 Å². The summed E-state index contributed by atoms with van der Waals surface area (Å²) >= 11 is 0. The Labute approximate surface area is 116 Å². The normalized spacial score (nSPS) is 25.0. The summed E-state index contributed by atoms with van der Waals surface area (Å²) in [7, 11) is 2.12. The molecule has 0 amide bonds. The van der Waals surface area contributed by atoms with Crippen LogP contribution in [0.4, 0.5) is 0 Å². The molecule has 0 radical (unpaired) electrons. The Morgan fingerprint density at radius 2 is 1.95 bits per heavy atom. The quantitative estimate of drug-likeness (QED) is 0.906. The van der Waals surface area contributed by atoms with E-state index in [9.17, 15) is 5.11 Å². The second-order valence-electron chi connectivity index (χ2n) is 5.56. The molecular formula is C16H25NO2. The first-order valence-electron chi connectivity index (χ1n) is 7.28. The van der Waals surface area contributed by atoms with Crippen LogP contribution in [0.1, 0.15) is 38.2 Å². The molecule has 0 aromatic heterocycles. The summed E-state index contributed by atoms with van der Waals surface area (Å²) in [6.07, 6.45) is 3.70. The lowest BCUT2D eigenvalue weighted by Crippen LogP contribution is -2.27. The molecule has 0 spiro atoms. The van der Waals surface area contributed by atoms with Crippen LogP contribution in [0, 0.1) is 0 Å². The van der Waals surface area contributed by atoms with Crippen molar-refractivity contribution in [3.63, 3.8) is 0 Å². The van der Waals surface area contributed by atoms with Gasteiger partial charge in [-0.1, -0.05) is 19.1 Å². The molecule has 3 heteroatoms. The molecule has 0 aliphatic carbocycles. The van der Waals surface area contributed by atoms with Crippen LogP contribution >= 0.6 is 0 Å². The summed E-state index contributed by atoms with van der Waals surface area (Å²) in [6.45, 7) is 4.86. The van der Waals surface area contributed by atoms with Crippen LogP contribution in [0.15, 0.2) is 24.3 Å². The SMILES string of the molecule is CCCOc1ccc(C2(O)CCCN(C)CC2)cc1. The maximum Gasteiger partial charge on any atom is 0.119 e. The topological polar surface area (TPSA) is 32.7 Å². The zero-order chi connectivity index (χ0) is 13.7. The smallest absolute Gasteiger partial charge is 0.119 e. The van der Waals surface area contributed by atoms with E-state index in [4.69, 9.17) is 4.74 Å². The Kier molecular flexibility index (Phi) is 4.83. The van der Waals surface area contributed by atoms with Gasteiger partial charge in [0.2, 0.25) is 0 Å². The van der Waals surface area contributed by atoms with Gasteiger partial charge in [0.1, 0.15) is 5.75 Å². The van der Waals surface area contributed by atoms with Crippen LogP contribution in [-0.2, 0) is 5.60 Å². The van der Waals surface area contributed by atoms with Crippen molar-refractivity contribution < 1.29 is 9.84 Å². The van der Waals surface area contributed by atoms with Gasteiger partial charge >= 0.3 is 0 Å². The summed E-state index contributed by atoms with van der Waals surface area (Å²) in [5.41, 5.74) is 0.347. The van der Waals surface area contributed by atoms with E-state index in [0.29, 0.717) is 0 Å².